The molecule has 0 fully saturated rings. The summed E-state index contributed by atoms with van der Waals surface area (Å²) >= 11 is 2.92. The Morgan fingerprint density at radius 3 is 2.73 bits per heavy atom. The van der Waals surface area contributed by atoms with Crippen LogP contribution in [0.4, 0.5) is 0 Å². The van der Waals surface area contributed by atoms with E-state index in [2.05, 4.69) is 10.3 Å². The second-order valence-electron chi connectivity index (χ2n) is 5.14. The van der Waals surface area contributed by atoms with Crippen molar-refractivity contribution in [1.82, 2.24) is 10.3 Å². The van der Waals surface area contributed by atoms with Crippen LogP contribution < -0.4 is 10.1 Å². The minimum absolute atomic E-state index is 0.205. The number of nitrogens with one attached hydrogen (secondary N) is 1. The number of hydrogen-bond donors (Lipinski definition) is 1. The number of nitrogens with zero attached hydrogens (tertiary/aromatic N) is 1. The maximum Gasteiger partial charge on any atom is 0.358 e. The highest BCUT2D eigenvalue weighted by molar-refractivity contribution is 7.14. The van der Waals surface area contributed by atoms with Gasteiger partial charge in [0.05, 0.1) is 6.54 Å². The summed E-state index contributed by atoms with van der Waals surface area (Å²) in [5.41, 5.74) is 1.17. The highest BCUT2D eigenvalue weighted by Gasteiger charge is 2.15. The van der Waals surface area contributed by atoms with Gasteiger partial charge < -0.3 is 14.8 Å². The Labute approximate surface area is 158 Å². The van der Waals surface area contributed by atoms with E-state index in [0.717, 1.165) is 16.3 Å². The van der Waals surface area contributed by atoms with Crippen LogP contribution in [-0.2, 0) is 9.53 Å². The molecule has 0 radical (unpaired) electrons. The molecule has 0 aliphatic heterocycles. The van der Waals surface area contributed by atoms with Crippen molar-refractivity contribution in [3.05, 3.63) is 58.2 Å². The third-order valence-corrected chi connectivity index (χ3v) is 4.83. The number of carbonyl (C=O) groups excluding carboxylic acids is 2. The van der Waals surface area contributed by atoms with Crippen molar-refractivity contribution in [3.63, 3.8) is 0 Å². The lowest BCUT2D eigenvalue weighted by Crippen LogP contribution is -2.32. The lowest BCUT2D eigenvalue weighted by molar-refractivity contribution is -0.124. The fourth-order valence-corrected chi connectivity index (χ4v) is 3.52. The molecule has 2 heterocycles. The Balaban J connectivity index is 1.37. The van der Waals surface area contributed by atoms with Gasteiger partial charge >= 0.3 is 5.97 Å². The van der Waals surface area contributed by atoms with Crippen LogP contribution in [-0.4, -0.2) is 36.6 Å². The molecule has 0 atom stereocenters. The van der Waals surface area contributed by atoms with Gasteiger partial charge in [0.25, 0.3) is 5.91 Å². The van der Waals surface area contributed by atoms with Gasteiger partial charge in [-0.1, -0.05) is 18.2 Å². The highest BCUT2D eigenvalue weighted by Crippen LogP contribution is 2.25. The third-order valence-electron chi connectivity index (χ3n) is 3.25. The third kappa shape index (κ3) is 5.14. The van der Waals surface area contributed by atoms with Crippen LogP contribution in [0.5, 0.6) is 5.75 Å². The molecular weight excluding hydrogens is 372 g/mol. The van der Waals surface area contributed by atoms with E-state index in [9.17, 15) is 9.59 Å². The van der Waals surface area contributed by atoms with Crippen molar-refractivity contribution < 1.29 is 19.1 Å². The zero-order chi connectivity index (χ0) is 18.2. The number of esters is 1. The molecule has 0 aliphatic rings. The Bertz CT molecular complexity index is 847. The van der Waals surface area contributed by atoms with Crippen molar-refractivity contribution in [1.29, 1.82) is 0 Å². The van der Waals surface area contributed by atoms with Crippen LogP contribution in [0.1, 0.15) is 10.5 Å². The van der Waals surface area contributed by atoms with Crippen LogP contribution in [0.25, 0.3) is 10.6 Å². The number of amides is 1. The van der Waals surface area contributed by atoms with E-state index in [-0.39, 0.29) is 18.2 Å². The van der Waals surface area contributed by atoms with Crippen molar-refractivity contribution in [3.8, 4) is 16.3 Å². The smallest absolute Gasteiger partial charge is 0.358 e. The molecule has 26 heavy (non-hydrogen) atoms. The fraction of sp³-hybridized carbons (Fsp3) is 0.167. The van der Waals surface area contributed by atoms with Crippen LogP contribution in [0.15, 0.2) is 52.5 Å². The van der Waals surface area contributed by atoms with Gasteiger partial charge in [0, 0.05) is 16.3 Å². The lowest BCUT2D eigenvalue weighted by atomic mass is 10.3. The van der Waals surface area contributed by atoms with Crippen molar-refractivity contribution in [2.45, 2.75) is 0 Å². The molecule has 0 bridgehead atoms. The summed E-state index contributed by atoms with van der Waals surface area (Å²) in [5.74, 6) is -0.264. The normalized spacial score (nSPS) is 10.3. The van der Waals surface area contributed by atoms with Crippen LogP contribution in [0, 0.1) is 0 Å². The van der Waals surface area contributed by atoms with Crippen LogP contribution >= 0.6 is 22.7 Å². The van der Waals surface area contributed by atoms with Gasteiger partial charge in [-0.15, -0.1) is 11.3 Å². The number of para-hydroxylation sites is 1. The van der Waals surface area contributed by atoms with Crippen LogP contribution in [0.2, 0.25) is 0 Å². The minimum Gasteiger partial charge on any atom is -0.492 e. The van der Waals surface area contributed by atoms with Gasteiger partial charge in [0.15, 0.2) is 12.3 Å². The van der Waals surface area contributed by atoms with E-state index in [0.29, 0.717) is 13.2 Å². The number of rotatable bonds is 8. The maximum absolute atomic E-state index is 12.0. The summed E-state index contributed by atoms with van der Waals surface area (Å²) < 4.78 is 10.5. The van der Waals surface area contributed by atoms with E-state index in [4.69, 9.17) is 9.47 Å². The average Bonchev–Trinajstić information content (AvgIpc) is 3.35. The fourth-order valence-electron chi connectivity index (χ4n) is 2.02. The predicted molar refractivity (Wildman–Crippen MR) is 101 cm³/mol. The largest absolute Gasteiger partial charge is 0.492 e. The molecule has 3 aromatic rings. The Morgan fingerprint density at radius 1 is 1.12 bits per heavy atom. The Hall–Kier alpha value is -2.71. The second kappa shape index (κ2) is 9.12. The first-order valence-electron chi connectivity index (χ1n) is 7.82. The zero-order valence-electron chi connectivity index (χ0n) is 13.7. The number of ether oxygens (including phenoxy) is 2. The van der Waals surface area contributed by atoms with Crippen LogP contribution in [0.3, 0.4) is 0 Å². The molecule has 3 rings (SSSR count). The summed E-state index contributed by atoms with van der Waals surface area (Å²) in [5, 5.41) is 8.91. The first kappa shape index (κ1) is 18.1. The number of aromatic nitrogens is 1. The van der Waals surface area contributed by atoms with E-state index in [1.165, 1.54) is 11.3 Å². The topological polar surface area (TPSA) is 77.5 Å². The molecule has 0 aliphatic carbocycles. The zero-order valence-corrected chi connectivity index (χ0v) is 15.3. The number of hydrogen-bond acceptors (Lipinski definition) is 7. The quantitative estimate of drug-likeness (QED) is 0.474. The molecule has 6 nitrogen and oxygen atoms in total. The van der Waals surface area contributed by atoms with Gasteiger partial charge in [-0.3, -0.25) is 4.79 Å². The molecular formula is C18H16N2O4S2. The summed E-state index contributed by atoms with van der Waals surface area (Å²) in [4.78, 5) is 27.9. The number of thiazole rings is 1. The molecule has 1 aromatic carbocycles. The summed E-state index contributed by atoms with van der Waals surface area (Å²) in [6.07, 6.45) is 0. The highest BCUT2D eigenvalue weighted by atomic mass is 32.1. The summed E-state index contributed by atoms with van der Waals surface area (Å²) in [7, 11) is 0. The Morgan fingerprint density at radius 2 is 1.96 bits per heavy atom. The van der Waals surface area contributed by atoms with E-state index in [1.54, 1.807) is 16.7 Å². The second-order valence-corrected chi connectivity index (χ2v) is 6.78. The molecule has 0 unspecified atom stereocenters. The SMILES string of the molecule is O=C(COC(=O)c1csc(-c2ccsc2)n1)NCCOc1ccccc1. The van der Waals surface area contributed by atoms with Crippen molar-refractivity contribution in [2.75, 3.05) is 19.8 Å². The molecule has 1 amide bonds. The van der Waals surface area contributed by atoms with Crippen molar-refractivity contribution in [2.24, 2.45) is 0 Å². The standard InChI is InChI=1S/C18H16N2O4S2/c21-16(19-7-8-23-14-4-2-1-3-5-14)10-24-18(22)15-12-26-17(20-15)13-6-9-25-11-13/h1-6,9,11-12H,7-8,10H2,(H,19,21). The number of benzene rings is 1. The predicted octanol–water partition coefficient (Wildman–Crippen LogP) is 3.22. The lowest BCUT2D eigenvalue weighted by Gasteiger charge is -2.07. The molecule has 0 spiro atoms. The molecule has 134 valence electrons. The maximum atomic E-state index is 12.0. The first-order valence-corrected chi connectivity index (χ1v) is 9.64. The van der Waals surface area contributed by atoms with Gasteiger partial charge in [-0.25, -0.2) is 9.78 Å². The molecule has 2 aromatic heterocycles. The number of carbonyl (C=O) groups is 2. The van der Waals surface area contributed by atoms with Gasteiger partial charge in [0.1, 0.15) is 17.4 Å². The van der Waals surface area contributed by atoms with Gasteiger partial charge in [0.2, 0.25) is 0 Å². The van der Waals surface area contributed by atoms with E-state index >= 15 is 0 Å². The average molecular weight is 388 g/mol. The molecule has 1 N–H and O–H groups in total. The minimum atomic E-state index is -0.613. The van der Waals surface area contributed by atoms with Crippen molar-refractivity contribution >= 4 is 34.6 Å². The molecule has 8 heteroatoms. The van der Waals surface area contributed by atoms with E-state index < -0.39 is 5.97 Å². The Kier molecular flexibility index (Phi) is 6.34. The molecule has 0 saturated carbocycles. The first-order chi connectivity index (χ1) is 12.7. The van der Waals surface area contributed by atoms with Gasteiger partial charge in [-0.05, 0) is 23.6 Å². The van der Waals surface area contributed by atoms with E-state index in [1.807, 2.05) is 47.2 Å². The monoisotopic (exact) mass is 388 g/mol. The summed E-state index contributed by atoms with van der Waals surface area (Å²) in [6.45, 7) is 0.305. The number of thiophene rings is 1. The molecule has 0 saturated heterocycles. The van der Waals surface area contributed by atoms with Gasteiger partial charge in [-0.2, -0.15) is 11.3 Å². The summed E-state index contributed by atoms with van der Waals surface area (Å²) in [6, 6.07) is 11.2.